The van der Waals surface area contributed by atoms with Gasteiger partial charge < -0.3 is 15.1 Å². The summed E-state index contributed by atoms with van der Waals surface area (Å²) < 4.78 is 28.2. The van der Waals surface area contributed by atoms with E-state index in [0.29, 0.717) is 13.1 Å². The van der Waals surface area contributed by atoms with Crippen LogP contribution in [0.25, 0.3) is 0 Å². The third-order valence-corrected chi connectivity index (χ3v) is 6.65. The second-order valence-corrected chi connectivity index (χ2v) is 9.74. The van der Waals surface area contributed by atoms with Gasteiger partial charge in [0.15, 0.2) is 5.96 Å². The number of rotatable bonds is 11. The quantitative estimate of drug-likeness (QED) is 0.278. The summed E-state index contributed by atoms with van der Waals surface area (Å²) in [6.45, 7) is 2.04. The molecule has 1 aliphatic rings. The van der Waals surface area contributed by atoms with Crippen molar-refractivity contribution in [1.82, 2.24) is 10.6 Å². The Bertz CT molecular complexity index is 903. The number of furan rings is 1. The molecule has 170 valence electrons. The molecule has 0 bridgehead atoms. The van der Waals surface area contributed by atoms with E-state index in [4.69, 9.17) is 9.56 Å². The van der Waals surface area contributed by atoms with Crippen LogP contribution in [0.15, 0.2) is 57.0 Å². The molecule has 8 heteroatoms. The smallest absolute Gasteiger partial charge is 0.238 e. The van der Waals surface area contributed by atoms with E-state index in [0.717, 1.165) is 42.6 Å². The fraction of sp³-hybridized carbons (Fsp3) is 0.522. The number of hydrogen-bond donors (Lipinski definition) is 3. The highest BCUT2D eigenvalue weighted by molar-refractivity contribution is 7.89. The summed E-state index contributed by atoms with van der Waals surface area (Å²) in [4.78, 5) is 4.77. The van der Waals surface area contributed by atoms with Crippen molar-refractivity contribution >= 4 is 16.0 Å². The molecule has 0 unspecified atom stereocenters. The molecule has 1 saturated carbocycles. The predicted octanol–water partition coefficient (Wildman–Crippen LogP) is 3.57. The van der Waals surface area contributed by atoms with E-state index in [-0.39, 0.29) is 4.90 Å². The Morgan fingerprint density at radius 3 is 2.48 bits per heavy atom. The molecule has 0 radical (unpaired) electrons. The summed E-state index contributed by atoms with van der Waals surface area (Å²) in [6, 6.07) is 10.4. The van der Waals surface area contributed by atoms with Gasteiger partial charge >= 0.3 is 0 Å². The van der Waals surface area contributed by atoms with Gasteiger partial charge in [-0.25, -0.2) is 18.5 Å². The number of hydrogen-bond acceptors (Lipinski definition) is 4. The summed E-state index contributed by atoms with van der Waals surface area (Å²) in [7, 11) is -3.68. The molecule has 1 fully saturated rings. The molecule has 2 aromatic rings. The van der Waals surface area contributed by atoms with E-state index in [9.17, 15) is 8.42 Å². The van der Waals surface area contributed by atoms with E-state index in [1.807, 2.05) is 12.1 Å². The number of sulfonamides is 1. The molecule has 1 aliphatic carbocycles. The molecular formula is C23H34N4O3S. The van der Waals surface area contributed by atoms with Crippen LogP contribution >= 0.6 is 0 Å². The Balaban J connectivity index is 1.49. The fourth-order valence-corrected chi connectivity index (χ4v) is 4.47. The molecule has 0 amide bonds. The zero-order chi connectivity index (χ0) is 21.9. The lowest BCUT2D eigenvalue weighted by molar-refractivity contribution is 0.472. The molecule has 0 aliphatic heterocycles. The largest absolute Gasteiger partial charge is 0.469 e. The number of unbranched alkanes of at least 4 members (excludes halogenated alkanes) is 1. The van der Waals surface area contributed by atoms with Crippen molar-refractivity contribution in [3.63, 3.8) is 0 Å². The maximum absolute atomic E-state index is 11.4. The van der Waals surface area contributed by atoms with E-state index in [1.54, 1.807) is 18.4 Å². The van der Waals surface area contributed by atoms with Crippen LogP contribution in [0, 0.1) is 5.92 Å². The highest BCUT2D eigenvalue weighted by Gasteiger charge is 2.14. The van der Waals surface area contributed by atoms with Crippen molar-refractivity contribution in [3.8, 4) is 0 Å². The number of nitrogens with two attached hydrogens (primary N) is 1. The van der Waals surface area contributed by atoms with Gasteiger partial charge in [0.25, 0.3) is 0 Å². The minimum atomic E-state index is -3.68. The second-order valence-electron chi connectivity index (χ2n) is 8.18. The van der Waals surface area contributed by atoms with Gasteiger partial charge in [0, 0.05) is 19.5 Å². The van der Waals surface area contributed by atoms with Crippen molar-refractivity contribution in [1.29, 1.82) is 0 Å². The fourth-order valence-electron chi connectivity index (χ4n) is 3.95. The molecule has 4 N–H and O–H groups in total. The van der Waals surface area contributed by atoms with Gasteiger partial charge in [-0.3, -0.25) is 0 Å². The predicted molar refractivity (Wildman–Crippen MR) is 123 cm³/mol. The molecule has 1 heterocycles. The standard InChI is InChI=1S/C23H34N4O3S/c24-31(28,29)22-12-10-20(11-13-22)18-27-23(26-16-14-21-9-5-17-30-21)25-15-4-3-8-19-6-1-2-7-19/h5,9-13,17,19H,1-4,6-8,14-16,18H2,(H2,24,28,29)(H2,25,26,27). The number of benzene rings is 1. The molecule has 0 saturated heterocycles. The lowest BCUT2D eigenvalue weighted by Crippen LogP contribution is -2.39. The summed E-state index contributed by atoms with van der Waals surface area (Å²) in [5, 5.41) is 11.9. The van der Waals surface area contributed by atoms with Gasteiger partial charge in [-0.05, 0) is 42.2 Å². The highest BCUT2D eigenvalue weighted by Crippen LogP contribution is 2.28. The topological polar surface area (TPSA) is 110 Å². The van der Waals surface area contributed by atoms with E-state index in [2.05, 4.69) is 15.6 Å². The van der Waals surface area contributed by atoms with Crippen molar-refractivity contribution in [2.75, 3.05) is 13.1 Å². The van der Waals surface area contributed by atoms with Gasteiger partial charge in [-0.2, -0.15) is 0 Å². The number of guanidine groups is 1. The molecule has 31 heavy (non-hydrogen) atoms. The molecule has 1 aromatic heterocycles. The monoisotopic (exact) mass is 446 g/mol. The Morgan fingerprint density at radius 1 is 1.06 bits per heavy atom. The van der Waals surface area contributed by atoms with Crippen LogP contribution in [0.3, 0.4) is 0 Å². The summed E-state index contributed by atoms with van der Waals surface area (Å²) in [5.41, 5.74) is 0.917. The Hall–Kier alpha value is -2.32. The lowest BCUT2D eigenvalue weighted by Gasteiger charge is -2.13. The summed E-state index contributed by atoms with van der Waals surface area (Å²) >= 11 is 0. The molecule has 1 aromatic carbocycles. The van der Waals surface area contributed by atoms with Crippen molar-refractivity contribution in [3.05, 3.63) is 54.0 Å². The second kappa shape index (κ2) is 11.9. The zero-order valence-electron chi connectivity index (χ0n) is 18.1. The van der Waals surface area contributed by atoms with Gasteiger partial charge in [-0.15, -0.1) is 0 Å². The minimum Gasteiger partial charge on any atom is -0.469 e. The number of aliphatic imine (C=N–C) groups is 1. The first-order chi connectivity index (χ1) is 15.0. The minimum absolute atomic E-state index is 0.109. The van der Waals surface area contributed by atoms with Crippen LogP contribution in [0.1, 0.15) is 56.3 Å². The van der Waals surface area contributed by atoms with Gasteiger partial charge in [-0.1, -0.05) is 50.7 Å². The summed E-state index contributed by atoms with van der Waals surface area (Å²) in [6.07, 6.45) is 11.8. The third-order valence-electron chi connectivity index (χ3n) is 5.72. The molecule has 3 rings (SSSR count). The van der Waals surface area contributed by atoms with Crippen molar-refractivity contribution in [2.45, 2.75) is 62.8 Å². The first-order valence-electron chi connectivity index (χ1n) is 11.2. The zero-order valence-corrected chi connectivity index (χ0v) is 18.9. The van der Waals surface area contributed by atoms with Crippen LogP contribution in [0.5, 0.6) is 0 Å². The average molecular weight is 447 g/mol. The van der Waals surface area contributed by atoms with E-state index >= 15 is 0 Å². The van der Waals surface area contributed by atoms with Crippen LogP contribution < -0.4 is 15.8 Å². The van der Waals surface area contributed by atoms with Crippen molar-refractivity contribution < 1.29 is 12.8 Å². The molecular weight excluding hydrogens is 412 g/mol. The first kappa shape index (κ1) is 23.3. The maximum atomic E-state index is 11.4. The summed E-state index contributed by atoms with van der Waals surface area (Å²) in [5.74, 6) is 2.62. The highest BCUT2D eigenvalue weighted by atomic mass is 32.2. The van der Waals surface area contributed by atoms with E-state index < -0.39 is 10.0 Å². The van der Waals surface area contributed by atoms with Gasteiger partial charge in [0.05, 0.1) is 17.7 Å². The number of nitrogens with one attached hydrogen (secondary N) is 2. The molecule has 7 nitrogen and oxygen atoms in total. The normalized spacial score (nSPS) is 15.3. The SMILES string of the molecule is NS(=O)(=O)c1ccc(CN=C(NCCCCC2CCCC2)NCCc2ccco2)cc1. The lowest BCUT2D eigenvalue weighted by atomic mass is 10.0. The van der Waals surface area contributed by atoms with Gasteiger partial charge in [0.2, 0.25) is 10.0 Å². The first-order valence-corrected chi connectivity index (χ1v) is 12.7. The molecule has 0 atom stereocenters. The Morgan fingerprint density at radius 2 is 1.81 bits per heavy atom. The van der Waals surface area contributed by atoms with Crippen LogP contribution in [-0.4, -0.2) is 27.5 Å². The number of primary sulfonamides is 1. The van der Waals surface area contributed by atoms with Gasteiger partial charge in [0.1, 0.15) is 5.76 Å². The molecule has 0 spiro atoms. The maximum Gasteiger partial charge on any atom is 0.238 e. The van der Waals surface area contributed by atoms with Crippen LogP contribution in [0.4, 0.5) is 0 Å². The van der Waals surface area contributed by atoms with Crippen molar-refractivity contribution in [2.24, 2.45) is 16.0 Å². The third kappa shape index (κ3) is 8.38. The van der Waals surface area contributed by atoms with Crippen LogP contribution in [-0.2, 0) is 23.0 Å². The Labute approximate surface area is 185 Å². The number of nitrogens with zero attached hydrogens (tertiary/aromatic N) is 1. The van der Waals surface area contributed by atoms with E-state index in [1.165, 1.54) is 50.7 Å². The van der Waals surface area contributed by atoms with Crippen LogP contribution in [0.2, 0.25) is 0 Å². The Kier molecular flexibility index (Phi) is 8.97. The average Bonchev–Trinajstić information content (AvgIpc) is 3.45.